The van der Waals surface area contributed by atoms with Crippen LogP contribution in [0, 0.1) is 11.3 Å². The quantitative estimate of drug-likeness (QED) is 0.654. The third-order valence-corrected chi connectivity index (χ3v) is 4.37. The number of nitrogens with one attached hydrogen (secondary N) is 1. The molecular weight excluding hydrogens is 281 g/mol. The fourth-order valence-corrected chi connectivity index (χ4v) is 3.32. The van der Waals surface area contributed by atoms with Gasteiger partial charge in [0, 0.05) is 6.04 Å². The van der Waals surface area contributed by atoms with Crippen molar-refractivity contribution in [1.29, 1.82) is 0 Å². The molecule has 21 heavy (non-hydrogen) atoms. The summed E-state index contributed by atoms with van der Waals surface area (Å²) in [7, 11) is 0. The number of hydrazine groups is 1. The highest BCUT2D eigenvalue weighted by Crippen LogP contribution is 2.48. The van der Waals surface area contributed by atoms with Crippen LogP contribution in [0.2, 0.25) is 0 Å². The molecule has 1 fully saturated rings. The second-order valence-corrected chi connectivity index (χ2v) is 6.25. The highest BCUT2D eigenvalue weighted by molar-refractivity contribution is 5.31. The third-order valence-electron chi connectivity index (χ3n) is 4.37. The summed E-state index contributed by atoms with van der Waals surface area (Å²) in [4.78, 5) is 0. The van der Waals surface area contributed by atoms with Gasteiger partial charge in [-0.25, -0.2) is 0 Å². The zero-order valence-electron chi connectivity index (χ0n) is 12.2. The first-order valence-electron chi connectivity index (χ1n) is 7.05. The minimum absolute atomic E-state index is 0.109. The molecule has 1 aromatic rings. The molecule has 0 heterocycles. The van der Waals surface area contributed by atoms with Crippen molar-refractivity contribution in [3.05, 3.63) is 29.8 Å². The predicted molar refractivity (Wildman–Crippen MR) is 74.3 cm³/mol. The van der Waals surface area contributed by atoms with Crippen molar-refractivity contribution in [1.82, 2.24) is 5.43 Å². The molecule has 0 aliphatic heterocycles. The maximum atomic E-state index is 12.3. The molecule has 0 aromatic heterocycles. The Labute approximate surface area is 122 Å². The van der Waals surface area contributed by atoms with E-state index in [1.807, 2.05) is 0 Å². The SMILES string of the molecule is CC1(C)CCCC1C(NN)c1cccc(OC(F)(F)F)c1. The van der Waals surface area contributed by atoms with E-state index in [1.165, 1.54) is 12.1 Å². The van der Waals surface area contributed by atoms with Crippen molar-refractivity contribution < 1.29 is 17.9 Å². The highest BCUT2D eigenvalue weighted by Gasteiger charge is 2.40. The Balaban J connectivity index is 2.24. The van der Waals surface area contributed by atoms with Crippen LogP contribution in [0.1, 0.15) is 44.7 Å². The van der Waals surface area contributed by atoms with Crippen LogP contribution in [0.5, 0.6) is 5.75 Å². The Hall–Kier alpha value is -1.27. The number of hydrogen-bond donors (Lipinski definition) is 2. The summed E-state index contributed by atoms with van der Waals surface area (Å²) in [6.07, 6.45) is -1.48. The monoisotopic (exact) mass is 302 g/mol. The number of alkyl halides is 3. The van der Waals surface area contributed by atoms with Crippen molar-refractivity contribution in [3.8, 4) is 5.75 Å². The zero-order valence-corrected chi connectivity index (χ0v) is 12.2. The third kappa shape index (κ3) is 3.89. The Bertz CT molecular complexity index is 488. The van der Waals surface area contributed by atoms with Gasteiger partial charge < -0.3 is 4.74 Å². The number of hydrogen-bond acceptors (Lipinski definition) is 3. The maximum absolute atomic E-state index is 12.3. The number of rotatable bonds is 4. The van der Waals surface area contributed by atoms with Crippen molar-refractivity contribution in [2.75, 3.05) is 0 Å². The molecule has 1 aliphatic rings. The lowest BCUT2D eigenvalue weighted by Gasteiger charge is -2.34. The lowest BCUT2D eigenvalue weighted by atomic mass is 9.75. The minimum Gasteiger partial charge on any atom is -0.406 e. The zero-order chi connectivity index (χ0) is 15.7. The molecule has 1 aliphatic carbocycles. The van der Waals surface area contributed by atoms with E-state index in [0.29, 0.717) is 0 Å². The molecule has 1 aromatic carbocycles. The van der Waals surface area contributed by atoms with E-state index in [9.17, 15) is 13.2 Å². The van der Waals surface area contributed by atoms with E-state index in [4.69, 9.17) is 5.84 Å². The van der Waals surface area contributed by atoms with E-state index in [1.54, 1.807) is 12.1 Å². The van der Waals surface area contributed by atoms with Gasteiger partial charge in [0.2, 0.25) is 0 Å². The number of nitrogens with two attached hydrogens (primary N) is 1. The molecule has 3 nitrogen and oxygen atoms in total. The molecule has 6 heteroatoms. The van der Waals surface area contributed by atoms with Crippen molar-refractivity contribution in [2.45, 2.75) is 45.5 Å². The molecule has 2 unspecified atom stereocenters. The van der Waals surface area contributed by atoms with Crippen LogP contribution in [-0.4, -0.2) is 6.36 Å². The van der Waals surface area contributed by atoms with Crippen LogP contribution >= 0.6 is 0 Å². The van der Waals surface area contributed by atoms with Crippen LogP contribution in [0.15, 0.2) is 24.3 Å². The van der Waals surface area contributed by atoms with Gasteiger partial charge >= 0.3 is 6.36 Å². The lowest BCUT2D eigenvalue weighted by Crippen LogP contribution is -2.37. The van der Waals surface area contributed by atoms with E-state index in [2.05, 4.69) is 24.0 Å². The number of halogens is 3. The average Bonchev–Trinajstić information content (AvgIpc) is 2.69. The topological polar surface area (TPSA) is 47.3 Å². The van der Waals surface area contributed by atoms with Crippen LogP contribution < -0.4 is 16.0 Å². The van der Waals surface area contributed by atoms with Gasteiger partial charge in [0.15, 0.2) is 0 Å². The minimum atomic E-state index is -4.68. The molecule has 118 valence electrons. The predicted octanol–water partition coefficient (Wildman–Crippen LogP) is 3.92. The Morgan fingerprint density at radius 1 is 1.38 bits per heavy atom. The average molecular weight is 302 g/mol. The standard InChI is InChI=1S/C15H21F3N2O/c1-14(2)8-4-7-12(14)13(20-19)10-5-3-6-11(9-10)21-15(16,17)18/h3,5-6,9,12-13,20H,4,7-8,19H2,1-2H3. The van der Waals surface area contributed by atoms with Crippen LogP contribution in [-0.2, 0) is 0 Å². The highest BCUT2D eigenvalue weighted by atomic mass is 19.4. The summed E-state index contributed by atoms with van der Waals surface area (Å²) < 4.78 is 40.9. The largest absolute Gasteiger partial charge is 0.573 e. The first-order chi connectivity index (χ1) is 9.73. The molecule has 2 rings (SSSR count). The summed E-state index contributed by atoms with van der Waals surface area (Å²) in [6, 6.07) is 5.86. The van der Waals surface area contributed by atoms with Gasteiger partial charge in [-0.15, -0.1) is 13.2 Å². The summed E-state index contributed by atoms with van der Waals surface area (Å²) in [5, 5.41) is 0. The fourth-order valence-electron chi connectivity index (χ4n) is 3.32. The molecule has 3 N–H and O–H groups in total. The van der Waals surface area contributed by atoms with Gasteiger partial charge in [0.25, 0.3) is 0 Å². The van der Waals surface area contributed by atoms with Crippen molar-refractivity contribution in [2.24, 2.45) is 17.2 Å². The molecule has 0 amide bonds. The summed E-state index contributed by atoms with van der Waals surface area (Å²) in [5.41, 5.74) is 3.60. The Morgan fingerprint density at radius 2 is 2.10 bits per heavy atom. The van der Waals surface area contributed by atoms with Gasteiger partial charge in [-0.2, -0.15) is 0 Å². The Kier molecular flexibility index (Phi) is 4.49. The van der Waals surface area contributed by atoms with E-state index in [-0.39, 0.29) is 23.1 Å². The summed E-state index contributed by atoms with van der Waals surface area (Å²) in [5.74, 6) is 5.74. The van der Waals surface area contributed by atoms with E-state index >= 15 is 0 Å². The molecule has 2 atom stereocenters. The number of benzene rings is 1. The number of ether oxygens (including phenoxy) is 1. The maximum Gasteiger partial charge on any atom is 0.573 e. The van der Waals surface area contributed by atoms with Gasteiger partial charge in [-0.1, -0.05) is 32.4 Å². The van der Waals surface area contributed by atoms with Crippen molar-refractivity contribution >= 4 is 0 Å². The van der Waals surface area contributed by atoms with Crippen LogP contribution in [0.25, 0.3) is 0 Å². The van der Waals surface area contributed by atoms with Crippen LogP contribution in [0.4, 0.5) is 13.2 Å². The second-order valence-electron chi connectivity index (χ2n) is 6.25. The molecule has 0 bridgehead atoms. The van der Waals surface area contributed by atoms with Gasteiger partial charge in [0.05, 0.1) is 0 Å². The van der Waals surface area contributed by atoms with Crippen LogP contribution in [0.3, 0.4) is 0 Å². The Morgan fingerprint density at radius 3 is 2.62 bits per heavy atom. The second kappa shape index (κ2) is 5.85. The lowest BCUT2D eigenvalue weighted by molar-refractivity contribution is -0.274. The smallest absolute Gasteiger partial charge is 0.406 e. The normalized spacial score (nSPS) is 23.0. The molecule has 0 spiro atoms. The summed E-state index contributed by atoms with van der Waals surface area (Å²) in [6.45, 7) is 4.34. The van der Waals surface area contributed by atoms with Gasteiger partial charge in [0.1, 0.15) is 5.75 Å². The first kappa shape index (κ1) is 16.1. The van der Waals surface area contributed by atoms with Gasteiger partial charge in [-0.05, 0) is 41.9 Å². The first-order valence-corrected chi connectivity index (χ1v) is 7.05. The van der Waals surface area contributed by atoms with E-state index in [0.717, 1.165) is 24.8 Å². The summed E-state index contributed by atoms with van der Waals surface area (Å²) >= 11 is 0. The fraction of sp³-hybridized carbons (Fsp3) is 0.600. The molecular formula is C15H21F3N2O. The van der Waals surface area contributed by atoms with Crippen molar-refractivity contribution in [3.63, 3.8) is 0 Å². The van der Waals surface area contributed by atoms with Gasteiger partial charge in [-0.3, -0.25) is 11.3 Å². The molecule has 0 saturated heterocycles. The van der Waals surface area contributed by atoms with E-state index < -0.39 is 6.36 Å². The molecule has 0 radical (unpaired) electrons. The molecule has 1 saturated carbocycles.